The summed E-state index contributed by atoms with van der Waals surface area (Å²) >= 11 is 3.72. The molecule has 1 saturated heterocycles. The molecule has 0 N–H and O–H groups in total. The van der Waals surface area contributed by atoms with Crippen molar-refractivity contribution >= 4 is 15.9 Å². The second-order valence-corrected chi connectivity index (χ2v) is 6.43. The van der Waals surface area contributed by atoms with Gasteiger partial charge in [-0.15, -0.1) is 0 Å². The highest BCUT2D eigenvalue weighted by Crippen LogP contribution is 2.33. The summed E-state index contributed by atoms with van der Waals surface area (Å²) in [6, 6.07) is 0. The summed E-state index contributed by atoms with van der Waals surface area (Å²) in [6.45, 7) is 13.3. The van der Waals surface area contributed by atoms with E-state index in [4.69, 9.17) is 0 Å². The molecule has 1 aliphatic heterocycles. The van der Waals surface area contributed by atoms with Crippen LogP contribution >= 0.6 is 15.9 Å². The average molecular weight is 290 g/mol. The van der Waals surface area contributed by atoms with Crippen LogP contribution in [0.3, 0.4) is 0 Å². The molecule has 1 rings (SSSR count). The predicted molar refractivity (Wildman–Crippen MR) is 76.2 cm³/mol. The van der Waals surface area contributed by atoms with Crippen molar-refractivity contribution in [2.45, 2.75) is 47.0 Å². The van der Waals surface area contributed by atoms with E-state index in [9.17, 15) is 0 Å². The molecule has 96 valence electrons. The topological polar surface area (TPSA) is 3.24 Å². The molecule has 0 aliphatic carbocycles. The monoisotopic (exact) mass is 289 g/mol. The van der Waals surface area contributed by atoms with Crippen molar-refractivity contribution in [1.82, 2.24) is 4.90 Å². The Kier molecular flexibility index (Phi) is 5.79. The summed E-state index contributed by atoms with van der Waals surface area (Å²) in [7, 11) is 0. The minimum atomic E-state index is 0.506. The lowest BCUT2D eigenvalue weighted by Crippen LogP contribution is -2.37. The number of alkyl halides is 1. The number of rotatable bonds is 6. The van der Waals surface area contributed by atoms with Gasteiger partial charge >= 0.3 is 0 Å². The van der Waals surface area contributed by atoms with Crippen LogP contribution in [0.2, 0.25) is 0 Å². The minimum absolute atomic E-state index is 0.506. The summed E-state index contributed by atoms with van der Waals surface area (Å²) in [5.74, 6) is 1.79. The number of halogens is 1. The van der Waals surface area contributed by atoms with Gasteiger partial charge in [0.15, 0.2) is 0 Å². The van der Waals surface area contributed by atoms with Gasteiger partial charge in [0.2, 0.25) is 0 Å². The zero-order valence-electron chi connectivity index (χ0n) is 11.4. The summed E-state index contributed by atoms with van der Waals surface area (Å²) in [5, 5.41) is 1.15. The van der Waals surface area contributed by atoms with Gasteiger partial charge < -0.3 is 4.90 Å². The third kappa shape index (κ3) is 3.46. The van der Waals surface area contributed by atoms with Crippen molar-refractivity contribution in [3.63, 3.8) is 0 Å². The number of nitrogens with zero attached hydrogens (tertiary/aromatic N) is 1. The molecule has 16 heavy (non-hydrogen) atoms. The van der Waals surface area contributed by atoms with Crippen molar-refractivity contribution in [1.29, 1.82) is 0 Å². The van der Waals surface area contributed by atoms with Gasteiger partial charge in [0.1, 0.15) is 0 Å². The lowest BCUT2D eigenvalue weighted by molar-refractivity contribution is 0.177. The fourth-order valence-electron chi connectivity index (χ4n) is 2.73. The molecule has 0 aromatic rings. The van der Waals surface area contributed by atoms with Crippen LogP contribution in [-0.2, 0) is 0 Å². The first-order chi connectivity index (χ1) is 7.56. The molecule has 1 nitrogen and oxygen atoms in total. The predicted octanol–water partition coefficient (Wildman–Crippen LogP) is 4.17. The molecule has 1 unspecified atom stereocenters. The van der Waals surface area contributed by atoms with E-state index in [-0.39, 0.29) is 0 Å². The van der Waals surface area contributed by atoms with Crippen molar-refractivity contribution < 1.29 is 0 Å². The molecular formula is C14H28BrN. The first-order valence-corrected chi connectivity index (χ1v) is 7.97. The Labute approximate surface area is 110 Å². The van der Waals surface area contributed by atoms with Crippen LogP contribution in [0.15, 0.2) is 0 Å². The van der Waals surface area contributed by atoms with E-state index < -0.39 is 0 Å². The molecule has 1 aliphatic rings. The Morgan fingerprint density at radius 1 is 1.31 bits per heavy atom. The van der Waals surface area contributed by atoms with Crippen LogP contribution < -0.4 is 0 Å². The van der Waals surface area contributed by atoms with Gasteiger partial charge in [-0.1, -0.05) is 43.6 Å². The van der Waals surface area contributed by atoms with Gasteiger partial charge in [-0.05, 0) is 43.1 Å². The van der Waals surface area contributed by atoms with Gasteiger partial charge in [-0.25, -0.2) is 0 Å². The fourth-order valence-corrected chi connectivity index (χ4v) is 3.70. The van der Waals surface area contributed by atoms with Crippen molar-refractivity contribution in [3.8, 4) is 0 Å². The largest absolute Gasteiger partial charge is 0.302 e. The highest BCUT2D eigenvalue weighted by Gasteiger charge is 2.32. The van der Waals surface area contributed by atoms with Crippen LogP contribution in [0.4, 0.5) is 0 Å². The standard InChI is InChI=1S/C14H28BrN/c1-5-14(6-2,10-15)11-16-8-7-13(9-16)12(3)4/h12-13H,5-11H2,1-4H3. The zero-order chi connectivity index (χ0) is 12.2. The van der Waals surface area contributed by atoms with E-state index in [1.165, 1.54) is 38.9 Å². The van der Waals surface area contributed by atoms with Gasteiger partial charge in [-0.3, -0.25) is 0 Å². The third-order valence-corrected chi connectivity index (χ3v) is 5.78. The molecule has 1 atom stereocenters. The quantitative estimate of drug-likeness (QED) is 0.664. The van der Waals surface area contributed by atoms with Crippen LogP contribution in [0.5, 0.6) is 0 Å². The van der Waals surface area contributed by atoms with Crippen molar-refractivity contribution in [3.05, 3.63) is 0 Å². The summed E-state index contributed by atoms with van der Waals surface area (Å²) in [4.78, 5) is 2.69. The van der Waals surface area contributed by atoms with Crippen LogP contribution in [0, 0.1) is 17.3 Å². The molecule has 0 saturated carbocycles. The Morgan fingerprint density at radius 2 is 1.94 bits per heavy atom. The molecule has 0 aromatic heterocycles. The van der Waals surface area contributed by atoms with Gasteiger partial charge in [0, 0.05) is 18.4 Å². The molecule has 0 radical (unpaired) electrons. The summed E-state index contributed by atoms with van der Waals surface area (Å²) in [5.41, 5.74) is 0.506. The second kappa shape index (κ2) is 6.39. The molecule has 1 heterocycles. The molecule has 1 fully saturated rings. The number of hydrogen-bond donors (Lipinski definition) is 0. The highest BCUT2D eigenvalue weighted by atomic mass is 79.9. The van der Waals surface area contributed by atoms with Crippen LogP contribution in [0.1, 0.15) is 47.0 Å². The van der Waals surface area contributed by atoms with E-state index in [0.717, 1.165) is 17.2 Å². The molecule has 0 aromatic carbocycles. The SMILES string of the molecule is CCC(CC)(CBr)CN1CCC(C(C)C)C1. The first kappa shape index (κ1) is 14.5. The maximum atomic E-state index is 3.72. The van der Waals surface area contributed by atoms with E-state index in [0.29, 0.717) is 5.41 Å². The van der Waals surface area contributed by atoms with Gasteiger partial charge in [0.25, 0.3) is 0 Å². The van der Waals surface area contributed by atoms with Crippen LogP contribution in [0.25, 0.3) is 0 Å². The second-order valence-electron chi connectivity index (χ2n) is 5.87. The maximum Gasteiger partial charge on any atom is 0.01000 e. The van der Waals surface area contributed by atoms with Gasteiger partial charge in [0.05, 0.1) is 0 Å². The van der Waals surface area contributed by atoms with Gasteiger partial charge in [-0.2, -0.15) is 0 Å². The lowest BCUT2D eigenvalue weighted by Gasteiger charge is -2.34. The number of likely N-dealkylation sites (tertiary alicyclic amines) is 1. The van der Waals surface area contributed by atoms with Crippen molar-refractivity contribution in [2.24, 2.45) is 17.3 Å². The summed E-state index contributed by atoms with van der Waals surface area (Å²) in [6.07, 6.45) is 3.98. The Morgan fingerprint density at radius 3 is 2.31 bits per heavy atom. The molecular weight excluding hydrogens is 262 g/mol. The molecule has 0 bridgehead atoms. The Hall–Kier alpha value is 0.440. The Balaban J connectivity index is 2.48. The lowest BCUT2D eigenvalue weighted by atomic mass is 9.84. The zero-order valence-corrected chi connectivity index (χ0v) is 13.0. The molecule has 0 amide bonds. The summed E-state index contributed by atoms with van der Waals surface area (Å²) < 4.78 is 0. The number of hydrogen-bond acceptors (Lipinski definition) is 1. The van der Waals surface area contributed by atoms with E-state index in [1.54, 1.807) is 0 Å². The van der Waals surface area contributed by atoms with Crippen LogP contribution in [-0.4, -0.2) is 29.9 Å². The van der Waals surface area contributed by atoms with E-state index in [2.05, 4.69) is 48.5 Å². The first-order valence-electron chi connectivity index (χ1n) is 6.85. The van der Waals surface area contributed by atoms with Crippen molar-refractivity contribution in [2.75, 3.05) is 25.0 Å². The maximum absolute atomic E-state index is 3.72. The Bertz CT molecular complexity index is 191. The average Bonchev–Trinajstić information content (AvgIpc) is 2.74. The molecule has 2 heteroatoms. The highest BCUT2D eigenvalue weighted by molar-refractivity contribution is 9.09. The third-order valence-electron chi connectivity index (χ3n) is 4.59. The minimum Gasteiger partial charge on any atom is -0.302 e. The molecule has 0 spiro atoms. The normalized spacial score (nSPS) is 23.2. The fraction of sp³-hybridized carbons (Fsp3) is 1.00. The van der Waals surface area contributed by atoms with E-state index >= 15 is 0 Å². The smallest absolute Gasteiger partial charge is 0.01000 e. The van der Waals surface area contributed by atoms with E-state index in [1.807, 2.05) is 0 Å².